The number of carbonyl (C=O) groups is 1. The van der Waals surface area contributed by atoms with Gasteiger partial charge < -0.3 is 10.3 Å². The molecule has 5 heteroatoms. The highest BCUT2D eigenvalue weighted by molar-refractivity contribution is 7.99. The number of hydrogen-bond donors (Lipinski definition) is 2. The molecule has 1 heterocycles. The first-order chi connectivity index (χ1) is 12.0. The number of thioether (sulfide) groups is 1. The smallest absolute Gasteiger partial charge is 0.234 e. The maximum atomic E-state index is 12.4. The van der Waals surface area contributed by atoms with E-state index in [2.05, 4.69) is 10.3 Å². The van der Waals surface area contributed by atoms with E-state index in [9.17, 15) is 9.59 Å². The van der Waals surface area contributed by atoms with Crippen molar-refractivity contribution in [2.24, 2.45) is 0 Å². The normalized spacial score (nSPS) is 10.8. The minimum absolute atomic E-state index is 0.0237. The van der Waals surface area contributed by atoms with Crippen LogP contribution in [0.4, 0.5) is 5.69 Å². The number of aromatic amines is 1. The summed E-state index contributed by atoms with van der Waals surface area (Å²) in [4.78, 5) is 27.6. The van der Waals surface area contributed by atoms with E-state index in [0.29, 0.717) is 11.5 Å². The molecule has 0 spiro atoms. The Kier molecular flexibility index (Phi) is 5.24. The third-order valence-corrected chi connectivity index (χ3v) is 4.86. The highest BCUT2D eigenvalue weighted by Gasteiger charge is 2.07. The van der Waals surface area contributed by atoms with Crippen LogP contribution in [0.5, 0.6) is 0 Å². The van der Waals surface area contributed by atoms with Crippen LogP contribution in [0.25, 0.3) is 10.9 Å². The zero-order valence-corrected chi connectivity index (χ0v) is 15.1. The maximum absolute atomic E-state index is 12.4. The van der Waals surface area contributed by atoms with Crippen LogP contribution in [0.3, 0.4) is 0 Å². The number of amides is 1. The Balaban J connectivity index is 1.65. The summed E-state index contributed by atoms with van der Waals surface area (Å²) in [6, 6.07) is 15.0. The van der Waals surface area contributed by atoms with E-state index >= 15 is 0 Å². The molecule has 1 amide bonds. The van der Waals surface area contributed by atoms with Crippen LogP contribution in [-0.2, 0) is 10.5 Å². The van der Waals surface area contributed by atoms with E-state index in [1.165, 1.54) is 11.8 Å². The summed E-state index contributed by atoms with van der Waals surface area (Å²) in [5.41, 5.74) is 4.61. The fraction of sp³-hybridized carbons (Fsp3) is 0.200. The Morgan fingerprint density at radius 2 is 1.88 bits per heavy atom. The summed E-state index contributed by atoms with van der Waals surface area (Å²) in [5, 5.41) is 3.59. The second-order valence-electron chi connectivity index (χ2n) is 6.07. The Bertz CT molecular complexity index is 965. The average molecular weight is 352 g/mol. The lowest BCUT2D eigenvalue weighted by atomic mass is 10.1. The molecule has 0 aliphatic rings. The molecule has 0 fully saturated rings. The van der Waals surface area contributed by atoms with Crippen molar-refractivity contribution in [3.63, 3.8) is 0 Å². The molecule has 2 N–H and O–H groups in total. The second kappa shape index (κ2) is 7.57. The summed E-state index contributed by atoms with van der Waals surface area (Å²) < 4.78 is 0. The van der Waals surface area contributed by atoms with Gasteiger partial charge in [-0.05, 0) is 43.2 Å². The molecule has 0 aliphatic carbocycles. The molecule has 2 aromatic carbocycles. The molecule has 0 aliphatic heterocycles. The third kappa shape index (κ3) is 4.31. The first-order valence-electron chi connectivity index (χ1n) is 8.09. The van der Waals surface area contributed by atoms with Crippen molar-refractivity contribution in [1.29, 1.82) is 0 Å². The van der Waals surface area contributed by atoms with E-state index in [0.717, 1.165) is 33.4 Å². The molecule has 0 saturated heterocycles. The van der Waals surface area contributed by atoms with Gasteiger partial charge in [0.2, 0.25) is 5.91 Å². The lowest BCUT2D eigenvalue weighted by molar-refractivity contribution is -0.113. The van der Waals surface area contributed by atoms with Crippen LogP contribution in [-0.4, -0.2) is 16.6 Å². The van der Waals surface area contributed by atoms with Crippen LogP contribution in [0.15, 0.2) is 53.3 Å². The van der Waals surface area contributed by atoms with E-state index in [4.69, 9.17) is 0 Å². The average Bonchev–Trinajstić information content (AvgIpc) is 2.54. The van der Waals surface area contributed by atoms with E-state index in [-0.39, 0.29) is 11.3 Å². The van der Waals surface area contributed by atoms with Crippen molar-refractivity contribution in [1.82, 2.24) is 4.98 Å². The number of fused-ring (bicyclic) bond motifs is 1. The monoisotopic (exact) mass is 352 g/mol. The van der Waals surface area contributed by atoms with Gasteiger partial charge in [-0.15, -0.1) is 11.8 Å². The quantitative estimate of drug-likeness (QED) is 0.729. The number of rotatable bonds is 5. The van der Waals surface area contributed by atoms with Crippen molar-refractivity contribution >= 4 is 34.3 Å². The Labute approximate surface area is 150 Å². The predicted octanol–water partition coefficient (Wildman–Crippen LogP) is 4.02. The fourth-order valence-corrected chi connectivity index (χ4v) is 3.62. The molecule has 3 aromatic rings. The summed E-state index contributed by atoms with van der Waals surface area (Å²) in [7, 11) is 0. The first-order valence-corrected chi connectivity index (χ1v) is 9.24. The van der Waals surface area contributed by atoms with Crippen molar-refractivity contribution in [3.05, 3.63) is 75.6 Å². The topological polar surface area (TPSA) is 62.0 Å². The summed E-state index contributed by atoms with van der Waals surface area (Å²) in [6.45, 7) is 3.97. The number of anilines is 1. The van der Waals surface area contributed by atoms with E-state index < -0.39 is 0 Å². The number of benzene rings is 2. The van der Waals surface area contributed by atoms with Gasteiger partial charge in [0.1, 0.15) is 0 Å². The van der Waals surface area contributed by atoms with Gasteiger partial charge in [0.15, 0.2) is 5.43 Å². The fourth-order valence-electron chi connectivity index (χ4n) is 2.88. The van der Waals surface area contributed by atoms with Crippen LogP contribution in [0.2, 0.25) is 0 Å². The number of H-pyrrole nitrogens is 1. The Morgan fingerprint density at radius 3 is 2.64 bits per heavy atom. The molecule has 128 valence electrons. The molecule has 0 radical (unpaired) electrons. The molecule has 1 aromatic heterocycles. The zero-order valence-electron chi connectivity index (χ0n) is 14.3. The minimum atomic E-state index is -0.0500. The van der Waals surface area contributed by atoms with E-state index in [1.54, 1.807) is 6.07 Å². The SMILES string of the molecule is Cc1cc(C)c2c(=O)cc(CSCC(=O)Nc3ccccc3)[nH]c2c1. The molecule has 4 nitrogen and oxygen atoms in total. The molecular formula is C20H20N2O2S. The van der Waals surface area contributed by atoms with Crippen molar-refractivity contribution in [2.75, 3.05) is 11.1 Å². The maximum Gasteiger partial charge on any atom is 0.234 e. The molecule has 0 unspecified atom stereocenters. The summed E-state index contributed by atoms with van der Waals surface area (Å²) in [5.74, 6) is 0.869. The predicted molar refractivity (Wildman–Crippen MR) is 105 cm³/mol. The molecule has 3 rings (SSSR count). The van der Waals surface area contributed by atoms with Gasteiger partial charge in [-0.1, -0.05) is 24.3 Å². The Morgan fingerprint density at radius 1 is 1.12 bits per heavy atom. The molecule has 0 bridgehead atoms. The first kappa shape index (κ1) is 17.3. The van der Waals surface area contributed by atoms with E-state index in [1.807, 2.05) is 56.3 Å². The van der Waals surface area contributed by atoms with Gasteiger partial charge in [0.25, 0.3) is 0 Å². The number of nitrogens with one attached hydrogen (secondary N) is 2. The van der Waals surface area contributed by atoms with Gasteiger partial charge in [-0.2, -0.15) is 0 Å². The largest absolute Gasteiger partial charge is 0.357 e. The van der Waals surface area contributed by atoms with Crippen LogP contribution in [0.1, 0.15) is 16.8 Å². The number of para-hydroxylation sites is 1. The third-order valence-electron chi connectivity index (χ3n) is 3.88. The molecule has 25 heavy (non-hydrogen) atoms. The second-order valence-corrected chi connectivity index (χ2v) is 7.06. The van der Waals surface area contributed by atoms with Crippen LogP contribution >= 0.6 is 11.8 Å². The van der Waals surface area contributed by atoms with Crippen LogP contribution in [0, 0.1) is 13.8 Å². The number of pyridine rings is 1. The summed E-state index contributed by atoms with van der Waals surface area (Å²) in [6.07, 6.45) is 0. The van der Waals surface area contributed by atoms with Crippen molar-refractivity contribution in [2.45, 2.75) is 19.6 Å². The van der Waals surface area contributed by atoms with Crippen molar-refractivity contribution in [3.8, 4) is 0 Å². The molecule has 0 saturated carbocycles. The number of carbonyl (C=O) groups excluding carboxylic acids is 1. The van der Waals surface area contributed by atoms with Gasteiger partial charge in [0, 0.05) is 28.6 Å². The molecular weight excluding hydrogens is 332 g/mol. The minimum Gasteiger partial charge on any atom is -0.357 e. The lowest BCUT2D eigenvalue weighted by Gasteiger charge is -2.08. The van der Waals surface area contributed by atoms with Gasteiger partial charge in [-0.3, -0.25) is 9.59 Å². The standard InChI is InChI=1S/C20H20N2O2S/c1-13-8-14(2)20-17(9-13)21-16(10-18(20)23)11-25-12-19(24)22-15-6-4-3-5-7-15/h3-10H,11-12H2,1-2H3,(H,21,23)(H,22,24). The van der Waals surface area contributed by atoms with Crippen LogP contribution < -0.4 is 10.7 Å². The number of aryl methyl sites for hydroxylation is 2. The van der Waals surface area contributed by atoms with Gasteiger partial charge in [0.05, 0.1) is 11.3 Å². The highest BCUT2D eigenvalue weighted by Crippen LogP contribution is 2.18. The Hall–Kier alpha value is -2.53. The molecule has 0 atom stereocenters. The zero-order chi connectivity index (χ0) is 17.8. The highest BCUT2D eigenvalue weighted by atomic mass is 32.2. The number of hydrogen-bond acceptors (Lipinski definition) is 3. The summed E-state index contributed by atoms with van der Waals surface area (Å²) >= 11 is 1.48. The number of aromatic nitrogens is 1. The lowest BCUT2D eigenvalue weighted by Crippen LogP contribution is -2.14. The van der Waals surface area contributed by atoms with Gasteiger partial charge in [-0.25, -0.2) is 0 Å². The van der Waals surface area contributed by atoms with Crippen molar-refractivity contribution < 1.29 is 4.79 Å². The van der Waals surface area contributed by atoms with Gasteiger partial charge >= 0.3 is 0 Å².